The zero-order valence-corrected chi connectivity index (χ0v) is 43.6. The highest BCUT2D eigenvalue weighted by molar-refractivity contribution is 6.32. The van der Waals surface area contributed by atoms with Gasteiger partial charge in [0.05, 0.1) is 56.1 Å². The summed E-state index contributed by atoms with van der Waals surface area (Å²) >= 11 is 23.7. The second-order valence-corrected chi connectivity index (χ2v) is 19.1. The topological polar surface area (TPSA) is 148 Å². The normalized spacial score (nSPS) is 11.9. The molecule has 0 aromatic heterocycles. The number of amides is 4. The Labute approximate surface area is 454 Å². The molecule has 0 aliphatic heterocycles. The van der Waals surface area contributed by atoms with Gasteiger partial charge in [0.25, 0.3) is 23.6 Å². The summed E-state index contributed by atoms with van der Waals surface area (Å²) in [5, 5.41) is 12.5. The Morgan fingerprint density at radius 1 is 0.500 bits per heavy atom. The Bertz CT molecular complexity index is 2930. The fourth-order valence-electron chi connectivity index (χ4n) is 7.67. The summed E-state index contributed by atoms with van der Waals surface area (Å²) in [5.41, 5.74) is 5.19. The lowest BCUT2D eigenvalue weighted by Crippen LogP contribution is -2.22. The van der Waals surface area contributed by atoms with Gasteiger partial charge in [-0.05, 0) is 147 Å². The summed E-state index contributed by atoms with van der Waals surface area (Å²) < 4.78 is 79.7. The molecule has 22 heteroatoms. The van der Waals surface area contributed by atoms with E-state index in [9.17, 15) is 45.5 Å². The summed E-state index contributed by atoms with van der Waals surface area (Å²) in [6.07, 6.45) is -3.45. The van der Waals surface area contributed by atoms with Crippen molar-refractivity contribution in [3.63, 3.8) is 0 Å². The molecule has 4 N–H and O–H groups in total. The van der Waals surface area contributed by atoms with Crippen LogP contribution in [0.5, 0.6) is 0 Å². The lowest BCUT2D eigenvalue weighted by molar-refractivity contribution is -0.138. The summed E-state index contributed by atoms with van der Waals surface area (Å²) in [5.74, 6) is -2.51. The fraction of sp³-hybridized carbons (Fsp3) is 0.222. The molecule has 4 amide bonds. The zero-order valence-electron chi connectivity index (χ0n) is 40.6. The van der Waals surface area contributed by atoms with Crippen molar-refractivity contribution in [2.24, 2.45) is 10.2 Å². The van der Waals surface area contributed by atoms with Gasteiger partial charge in [0.2, 0.25) is 0 Å². The smallest absolute Gasteiger partial charge is 0.321 e. The predicted molar refractivity (Wildman–Crippen MR) is 286 cm³/mol. The number of nitrogens with one attached hydrogen (secondary N) is 4. The van der Waals surface area contributed by atoms with Gasteiger partial charge in [-0.15, -0.1) is 0 Å². The van der Waals surface area contributed by atoms with Crippen molar-refractivity contribution in [2.45, 2.75) is 51.1 Å². The third-order valence-electron chi connectivity index (χ3n) is 11.4. The molecule has 0 unspecified atom stereocenters. The van der Waals surface area contributed by atoms with E-state index < -0.39 is 57.2 Å². The van der Waals surface area contributed by atoms with E-state index >= 15 is 0 Å². The molecule has 0 spiro atoms. The van der Waals surface area contributed by atoms with Crippen LogP contribution >= 0.6 is 46.4 Å². The van der Waals surface area contributed by atoms with E-state index in [0.717, 1.165) is 86.6 Å². The lowest BCUT2D eigenvalue weighted by Gasteiger charge is -2.18. The third kappa shape index (κ3) is 17.4. The van der Waals surface area contributed by atoms with Crippen LogP contribution in [0.25, 0.3) is 0 Å². The van der Waals surface area contributed by atoms with E-state index in [-0.39, 0.29) is 43.7 Å². The maximum absolute atomic E-state index is 13.4. The molecule has 0 atom stereocenters. The highest BCUT2D eigenvalue weighted by atomic mass is 35.5. The minimum atomic E-state index is -4.68. The summed E-state index contributed by atoms with van der Waals surface area (Å²) in [7, 11) is 3.99. The van der Waals surface area contributed by atoms with Crippen molar-refractivity contribution < 1.29 is 45.5 Å². The number of carbonyl (C=O) groups is 4. The Kier molecular flexibility index (Phi) is 20.6. The van der Waals surface area contributed by atoms with E-state index in [1.54, 1.807) is 36.4 Å². The van der Waals surface area contributed by atoms with Crippen LogP contribution < -0.4 is 21.5 Å². The molecule has 0 fully saturated rings. The molecule has 0 saturated heterocycles. The van der Waals surface area contributed by atoms with Crippen molar-refractivity contribution in [3.05, 3.63) is 197 Å². The molecule has 398 valence electrons. The monoisotopic (exact) mass is 1130 g/mol. The van der Waals surface area contributed by atoms with E-state index in [0.29, 0.717) is 24.2 Å². The largest absolute Gasteiger partial charge is 0.417 e. The van der Waals surface area contributed by atoms with Crippen molar-refractivity contribution in [2.75, 3.05) is 37.8 Å². The van der Waals surface area contributed by atoms with Crippen molar-refractivity contribution in [1.29, 1.82) is 0 Å². The van der Waals surface area contributed by atoms with E-state index in [2.05, 4.69) is 41.5 Å². The quantitative estimate of drug-likeness (QED) is 0.0244. The van der Waals surface area contributed by atoms with Gasteiger partial charge in [-0.1, -0.05) is 95.6 Å². The number of carbonyl (C=O) groups excluding carboxylic acids is 4. The van der Waals surface area contributed by atoms with E-state index in [1.165, 1.54) is 48.5 Å². The van der Waals surface area contributed by atoms with Crippen LogP contribution in [0.4, 0.5) is 37.7 Å². The Morgan fingerprint density at radius 3 is 1.28 bits per heavy atom. The van der Waals surface area contributed by atoms with Gasteiger partial charge in [-0.3, -0.25) is 19.2 Å². The van der Waals surface area contributed by atoms with Gasteiger partial charge >= 0.3 is 12.4 Å². The van der Waals surface area contributed by atoms with Crippen LogP contribution in [0.3, 0.4) is 0 Å². The molecule has 0 radical (unpaired) electrons. The SMILES string of the molecule is CN(CCCCCCN(C)Cc1cccc(C(=O)Nc2ccc(Cl)cc2C(=O)NN=Cc2ccc(Cl)c(C(F)(F)F)c2)c1)Cc1cccc(C(=O)Nc2ccc(Cl)cc2C(=O)NN=Cc2ccc(Cl)c(C(F)(F)F)c2)c1. The number of hydrogen-bond donors (Lipinski definition) is 4. The van der Waals surface area contributed by atoms with Crippen molar-refractivity contribution in [1.82, 2.24) is 20.7 Å². The molecule has 6 aromatic rings. The molecule has 76 heavy (non-hydrogen) atoms. The average molecular weight is 1130 g/mol. The van der Waals surface area contributed by atoms with Crippen LogP contribution in [0.15, 0.2) is 132 Å². The number of hydrogen-bond acceptors (Lipinski definition) is 8. The second-order valence-electron chi connectivity index (χ2n) is 17.5. The molecule has 0 bridgehead atoms. The number of halogens is 10. The maximum Gasteiger partial charge on any atom is 0.417 e. The molecule has 6 aromatic carbocycles. The van der Waals surface area contributed by atoms with Gasteiger partial charge in [-0.2, -0.15) is 36.5 Å². The average Bonchev–Trinajstić information content (AvgIpc) is 3.36. The molecular weight excluding hydrogens is 1080 g/mol. The van der Waals surface area contributed by atoms with E-state index in [1.807, 2.05) is 26.2 Å². The molecule has 0 heterocycles. The predicted octanol–water partition coefficient (Wildman–Crippen LogP) is 13.5. The summed E-state index contributed by atoms with van der Waals surface area (Å²) in [6, 6.07) is 29.1. The van der Waals surface area contributed by atoms with Crippen LogP contribution in [-0.4, -0.2) is 73.0 Å². The maximum atomic E-state index is 13.4. The number of rotatable bonds is 21. The highest BCUT2D eigenvalue weighted by Crippen LogP contribution is 2.36. The number of hydrazone groups is 2. The fourth-order valence-corrected chi connectivity index (χ4v) is 8.46. The van der Waals surface area contributed by atoms with Crippen molar-refractivity contribution >= 4 is 93.8 Å². The standard InChI is InChI=1S/C54H48Cl4F6N8O4/c1-71(31-35-9-7-11-37(23-35)49(73)67-47-19-15-39(55)27-41(47)51(75)69-65-29-33-13-17-45(57)43(25-33)53(59,60)61)21-5-3-4-6-22-72(2)32-36-10-8-12-38(24-36)50(74)68-48-20-16-40(56)28-42(48)52(76)70-66-30-34-14-18-46(58)44(26-34)54(62,63)64/h7-20,23-30H,3-6,21-22,31-32H2,1-2H3,(H,67,73)(H,68,74)(H,69,75)(H,70,76). The number of anilines is 2. The molecule has 0 aliphatic rings. The van der Waals surface area contributed by atoms with Gasteiger partial charge in [0.15, 0.2) is 0 Å². The Balaban J connectivity index is 0.919. The van der Waals surface area contributed by atoms with Crippen LogP contribution in [0.1, 0.15) is 100 Å². The van der Waals surface area contributed by atoms with Gasteiger partial charge in [0, 0.05) is 34.3 Å². The van der Waals surface area contributed by atoms with Crippen LogP contribution in [-0.2, 0) is 25.4 Å². The lowest BCUT2D eigenvalue weighted by atomic mass is 10.1. The second kappa shape index (κ2) is 26.8. The number of unbranched alkanes of at least 4 members (excludes halogenated alkanes) is 3. The summed E-state index contributed by atoms with van der Waals surface area (Å²) in [4.78, 5) is 57.4. The van der Waals surface area contributed by atoms with E-state index in [4.69, 9.17) is 46.4 Å². The number of nitrogens with zero attached hydrogens (tertiary/aromatic N) is 4. The first-order chi connectivity index (χ1) is 36.0. The first kappa shape index (κ1) is 58.5. The molecule has 0 saturated carbocycles. The first-order valence-electron chi connectivity index (χ1n) is 23.2. The molecule has 0 aliphatic carbocycles. The molecular formula is C54H48Cl4F6N8O4. The van der Waals surface area contributed by atoms with Gasteiger partial charge < -0.3 is 20.4 Å². The van der Waals surface area contributed by atoms with Crippen molar-refractivity contribution in [3.8, 4) is 0 Å². The third-order valence-corrected chi connectivity index (χ3v) is 12.5. The number of benzene rings is 6. The molecule has 6 rings (SSSR count). The van der Waals surface area contributed by atoms with Gasteiger partial charge in [0.1, 0.15) is 0 Å². The van der Waals surface area contributed by atoms with Crippen LogP contribution in [0.2, 0.25) is 20.1 Å². The Morgan fingerprint density at radius 2 is 0.895 bits per heavy atom. The Hall–Kier alpha value is -6.80. The zero-order chi connectivity index (χ0) is 55.2. The highest BCUT2D eigenvalue weighted by Gasteiger charge is 2.34. The summed E-state index contributed by atoms with van der Waals surface area (Å²) in [6.45, 7) is 2.76. The minimum Gasteiger partial charge on any atom is -0.321 e. The van der Waals surface area contributed by atoms with Crippen LogP contribution in [0, 0.1) is 0 Å². The first-order valence-corrected chi connectivity index (χ1v) is 24.7. The van der Waals surface area contributed by atoms with Gasteiger partial charge in [-0.25, -0.2) is 10.9 Å². The number of alkyl halides is 6. The molecule has 12 nitrogen and oxygen atoms in total. The minimum absolute atomic E-state index is 0.0266.